The lowest BCUT2D eigenvalue weighted by atomic mass is 10.4. The van der Waals surface area contributed by atoms with E-state index in [9.17, 15) is 0 Å². The smallest absolute Gasteiger partial charge is 0.101 e. The Labute approximate surface area is 247 Å². The summed E-state index contributed by atoms with van der Waals surface area (Å²) >= 11 is 0. The Morgan fingerprint density at radius 1 is 0.525 bits per heavy atom. The standard InChI is InChI=1S/C29H52O4P4Si3/c1-34(2,30)28(35(3,4)31,38(9,10)26-20-15-13-16-21-26)40(24-19-25-40)29(36(5,6)32,37(7,8)33)39(11,12)27-22-17-14-18-23-27/h13-18,20-23H,19,24-25H2,1-12H3. The Balaban J connectivity index is 2.78. The van der Waals surface area contributed by atoms with Crippen LogP contribution in [0.1, 0.15) is 6.42 Å². The van der Waals surface area contributed by atoms with Gasteiger partial charge in [-0.05, 0) is 53.3 Å². The molecule has 4 nitrogen and oxygen atoms in total. The molecule has 0 saturated carbocycles. The van der Waals surface area contributed by atoms with E-state index in [1.165, 1.54) is 0 Å². The average molecular weight is 673 g/mol. The largest absolute Gasteiger partial charge is 0.324 e. The highest BCUT2D eigenvalue weighted by atomic mass is 31.2. The van der Waals surface area contributed by atoms with E-state index in [1.54, 1.807) is 0 Å². The summed E-state index contributed by atoms with van der Waals surface area (Å²) in [6, 6.07) is 22.2. The van der Waals surface area contributed by atoms with Crippen LogP contribution in [0.2, 0.25) is 38.3 Å². The summed E-state index contributed by atoms with van der Waals surface area (Å²) in [5, 5.41) is 2.28. The molecule has 2 aromatic rings. The van der Waals surface area contributed by atoms with E-state index in [-0.39, 0.29) is 0 Å². The molecule has 0 bridgehead atoms. The molecule has 0 amide bonds. The predicted molar refractivity (Wildman–Crippen MR) is 190 cm³/mol. The van der Waals surface area contributed by atoms with Crippen molar-refractivity contribution in [3.05, 3.63) is 60.7 Å². The average Bonchev–Trinajstić information content (AvgIpc) is 2.74. The Hall–Kier alpha value is 0.0106. The molecule has 0 radical (unpaired) electrons. The third-order valence-corrected chi connectivity index (χ3v) is 65.9. The topological polar surface area (TPSA) is 68.3 Å². The van der Waals surface area contributed by atoms with Crippen LogP contribution in [0.15, 0.2) is 60.7 Å². The van der Waals surface area contributed by atoms with Crippen molar-refractivity contribution in [3.8, 4) is 0 Å². The van der Waals surface area contributed by atoms with Crippen LogP contribution >= 0.6 is 28.6 Å². The SMILES string of the molecule is C[Si](C)(c1ccccc1)C([Si]1(C([Si](C)(C)c2ccccc2)(P(C)(C)=O)P(C)(C)=O)CCC1)(P(C)(C)=O)P(C)(C)=O. The highest BCUT2D eigenvalue weighted by Gasteiger charge is 2.85. The zero-order chi connectivity index (χ0) is 30.8. The molecule has 0 aromatic heterocycles. The van der Waals surface area contributed by atoms with E-state index in [4.69, 9.17) is 0 Å². The lowest BCUT2D eigenvalue weighted by Gasteiger charge is -2.73. The molecule has 1 aliphatic heterocycles. The molecule has 0 N–H and O–H groups in total. The third kappa shape index (κ3) is 4.46. The van der Waals surface area contributed by atoms with Crippen molar-refractivity contribution in [1.82, 2.24) is 0 Å². The van der Waals surface area contributed by atoms with E-state index in [2.05, 4.69) is 50.5 Å². The van der Waals surface area contributed by atoms with Gasteiger partial charge in [-0.3, -0.25) is 0 Å². The molecule has 0 spiro atoms. The van der Waals surface area contributed by atoms with Crippen LogP contribution in [0.25, 0.3) is 0 Å². The summed E-state index contributed by atoms with van der Waals surface area (Å²) in [4.78, 5) is 0. The van der Waals surface area contributed by atoms with Crippen molar-refractivity contribution in [1.29, 1.82) is 0 Å². The minimum Gasteiger partial charge on any atom is -0.324 e. The van der Waals surface area contributed by atoms with Crippen LogP contribution in [0.5, 0.6) is 0 Å². The maximum atomic E-state index is 15.4. The summed E-state index contributed by atoms with van der Waals surface area (Å²) < 4.78 is 59.8. The molecule has 0 unspecified atom stereocenters. The normalized spacial score (nSPS) is 17.8. The molecule has 0 aliphatic carbocycles. The number of benzene rings is 2. The molecule has 1 heterocycles. The molecule has 2 aromatic carbocycles. The Morgan fingerprint density at radius 3 is 0.950 bits per heavy atom. The van der Waals surface area contributed by atoms with Crippen molar-refractivity contribution in [2.75, 3.05) is 53.3 Å². The van der Waals surface area contributed by atoms with Gasteiger partial charge in [-0.1, -0.05) is 116 Å². The van der Waals surface area contributed by atoms with Crippen molar-refractivity contribution < 1.29 is 18.3 Å². The first-order valence-corrected chi connectivity index (χ1v) is 33.0. The second kappa shape index (κ2) is 10.6. The van der Waals surface area contributed by atoms with Gasteiger partial charge in [0.1, 0.15) is 16.1 Å². The molecule has 1 saturated heterocycles. The van der Waals surface area contributed by atoms with Gasteiger partial charge in [0.25, 0.3) is 0 Å². The molecular formula is C29H52O4P4Si3. The Bertz CT molecular complexity index is 1280. The number of rotatable bonds is 10. The van der Waals surface area contributed by atoms with Crippen molar-refractivity contribution in [2.24, 2.45) is 0 Å². The predicted octanol–water partition coefficient (Wildman–Crippen LogP) is 8.11. The van der Waals surface area contributed by atoms with Gasteiger partial charge in [-0.15, -0.1) is 0 Å². The second-order valence-corrected chi connectivity index (χ2v) is 47.0. The lowest BCUT2D eigenvalue weighted by Crippen LogP contribution is -2.87. The second-order valence-electron chi connectivity index (χ2n) is 14.7. The van der Waals surface area contributed by atoms with Crippen LogP contribution in [-0.2, 0) is 18.3 Å². The molecule has 1 fully saturated rings. The Kier molecular flexibility index (Phi) is 9.12. The zero-order valence-corrected chi connectivity index (χ0v) is 33.4. The number of hydrogen-bond acceptors (Lipinski definition) is 4. The van der Waals surface area contributed by atoms with Crippen LogP contribution < -0.4 is 10.4 Å². The van der Waals surface area contributed by atoms with Crippen LogP contribution in [0.4, 0.5) is 0 Å². The lowest BCUT2D eigenvalue weighted by molar-refractivity contribution is 0.564. The highest BCUT2D eigenvalue weighted by Crippen LogP contribution is 2.88. The van der Waals surface area contributed by atoms with E-state index in [0.29, 0.717) is 0 Å². The molecular weight excluding hydrogens is 620 g/mol. The highest BCUT2D eigenvalue weighted by molar-refractivity contribution is 7.96. The maximum Gasteiger partial charge on any atom is 0.101 e. The monoisotopic (exact) mass is 672 g/mol. The first-order valence-electron chi connectivity index (χ1n) is 14.2. The van der Waals surface area contributed by atoms with Crippen LogP contribution in [0, 0.1) is 0 Å². The molecule has 40 heavy (non-hydrogen) atoms. The first-order chi connectivity index (χ1) is 17.9. The van der Waals surface area contributed by atoms with E-state index >= 15 is 18.3 Å². The fourth-order valence-corrected chi connectivity index (χ4v) is 85.8. The van der Waals surface area contributed by atoms with E-state index < -0.39 is 61.1 Å². The fraction of sp³-hybridized carbons (Fsp3) is 0.586. The van der Waals surface area contributed by atoms with E-state index in [0.717, 1.165) is 28.9 Å². The Morgan fingerprint density at radius 2 is 0.775 bits per heavy atom. The van der Waals surface area contributed by atoms with Gasteiger partial charge >= 0.3 is 0 Å². The quantitative estimate of drug-likeness (QED) is 0.189. The van der Waals surface area contributed by atoms with Crippen LogP contribution in [-0.4, -0.2) is 85.8 Å². The van der Waals surface area contributed by atoms with Gasteiger partial charge in [-0.2, -0.15) is 0 Å². The molecule has 11 heteroatoms. The number of hydrogen-bond donors (Lipinski definition) is 0. The van der Waals surface area contributed by atoms with Gasteiger partial charge in [0, 0.05) is 0 Å². The van der Waals surface area contributed by atoms with Gasteiger partial charge in [-0.25, -0.2) is 0 Å². The molecule has 0 atom stereocenters. The first kappa shape index (κ1) is 34.5. The minimum atomic E-state index is -3.21. The maximum absolute atomic E-state index is 15.4. The summed E-state index contributed by atoms with van der Waals surface area (Å²) in [7, 11) is -21.6. The fourth-order valence-electron chi connectivity index (χ4n) is 10.7. The summed E-state index contributed by atoms with van der Waals surface area (Å²) in [5.41, 5.74) is 0. The molecule has 1 aliphatic rings. The van der Waals surface area contributed by atoms with Crippen LogP contribution in [0.3, 0.4) is 0 Å². The van der Waals surface area contributed by atoms with Gasteiger partial charge < -0.3 is 18.3 Å². The van der Waals surface area contributed by atoms with Gasteiger partial charge in [0.2, 0.25) is 0 Å². The molecule has 3 rings (SSSR count). The van der Waals surface area contributed by atoms with Gasteiger partial charge in [0.15, 0.2) is 0 Å². The van der Waals surface area contributed by atoms with Gasteiger partial charge in [0.05, 0.1) is 44.9 Å². The summed E-state index contributed by atoms with van der Waals surface area (Å²) in [6.07, 6.45) is 0.925. The van der Waals surface area contributed by atoms with Crippen molar-refractivity contribution >= 4 is 63.2 Å². The van der Waals surface area contributed by atoms with Crippen molar-refractivity contribution in [3.63, 3.8) is 0 Å². The minimum absolute atomic E-state index is 0.786. The zero-order valence-electron chi connectivity index (χ0n) is 26.8. The summed E-state index contributed by atoms with van der Waals surface area (Å²) in [6.45, 7) is 24.0. The molecule has 224 valence electrons. The van der Waals surface area contributed by atoms with Crippen molar-refractivity contribution in [2.45, 2.75) is 53.0 Å². The third-order valence-electron chi connectivity index (χ3n) is 10.4. The summed E-state index contributed by atoms with van der Waals surface area (Å²) in [5.74, 6) is 0. The van der Waals surface area contributed by atoms with E-state index in [1.807, 2.05) is 89.7 Å².